The van der Waals surface area contributed by atoms with Crippen molar-refractivity contribution >= 4 is 5.69 Å². The van der Waals surface area contributed by atoms with Crippen LogP contribution in [-0.4, -0.2) is 14.1 Å². The van der Waals surface area contributed by atoms with Crippen LogP contribution in [0, 0.1) is 6.92 Å². The molecule has 0 saturated heterocycles. The molecule has 0 amide bonds. The minimum Gasteiger partial charge on any atom is -0.428 e. The maximum Gasteiger partial charge on any atom is 3.00 e. The molecule has 0 atom stereocenters. The van der Waals surface area contributed by atoms with Crippen LogP contribution in [0.5, 0.6) is 0 Å². The predicted octanol–water partition coefficient (Wildman–Crippen LogP) is 1.93. The molecule has 0 aromatic heterocycles. The molecule has 0 aliphatic rings. The number of para-hydroxylation sites is 1. The van der Waals surface area contributed by atoms with Crippen molar-refractivity contribution in [1.82, 2.24) is 0 Å². The van der Waals surface area contributed by atoms with E-state index in [9.17, 15) is 0 Å². The standard InChI is InChI=1S/C9H12N.Ti/c1-8-6-4-5-7-9(8)10(2)3;/h4-7H,1H2,2-3H3;/q-1;+3. The number of nitrogens with zero attached hydrogens (tertiary/aromatic N) is 1. The Balaban J connectivity index is 0.000001000. The fourth-order valence-corrected chi connectivity index (χ4v) is 0.947. The second kappa shape index (κ2) is 4.48. The monoisotopic (exact) mass is 182 g/mol. The number of benzene rings is 1. The number of anilines is 1. The summed E-state index contributed by atoms with van der Waals surface area (Å²) in [4.78, 5) is 2.06. The summed E-state index contributed by atoms with van der Waals surface area (Å²) >= 11 is 0. The maximum atomic E-state index is 3.90. The van der Waals surface area contributed by atoms with E-state index in [-0.39, 0.29) is 21.7 Å². The van der Waals surface area contributed by atoms with Crippen molar-refractivity contribution in [3.8, 4) is 0 Å². The molecular weight excluding hydrogens is 170 g/mol. The second-order valence-electron chi connectivity index (χ2n) is 2.52. The zero-order valence-corrected chi connectivity index (χ0v) is 8.53. The van der Waals surface area contributed by atoms with Gasteiger partial charge in [0.2, 0.25) is 0 Å². The molecule has 1 aromatic rings. The van der Waals surface area contributed by atoms with Gasteiger partial charge >= 0.3 is 21.7 Å². The molecule has 0 N–H and O–H groups in total. The third kappa shape index (κ3) is 2.60. The third-order valence-corrected chi connectivity index (χ3v) is 1.47. The number of rotatable bonds is 1. The van der Waals surface area contributed by atoms with Crippen LogP contribution in [0.25, 0.3) is 0 Å². The van der Waals surface area contributed by atoms with Crippen LogP contribution < -0.4 is 4.90 Å². The fourth-order valence-electron chi connectivity index (χ4n) is 0.947. The summed E-state index contributed by atoms with van der Waals surface area (Å²) in [5, 5.41) is 0. The second-order valence-corrected chi connectivity index (χ2v) is 2.52. The molecule has 1 radical (unpaired) electrons. The van der Waals surface area contributed by atoms with E-state index in [1.807, 2.05) is 32.3 Å². The normalized spacial score (nSPS) is 8.55. The molecule has 0 bridgehead atoms. The summed E-state index contributed by atoms with van der Waals surface area (Å²) in [6, 6.07) is 8.08. The van der Waals surface area contributed by atoms with Gasteiger partial charge in [-0.25, -0.2) is 0 Å². The Morgan fingerprint density at radius 3 is 2.09 bits per heavy atom. The molecule has 0 heterocycles. The molecule has 0 unspecified atom stereocenters. The summed E-state index contributed by atoms with van der Waals surface area (Å²) in [5.74, 6) is 0. The van der Waals surface area contributed by atoms with E-state index in [0.29, 0.717) is 0 Å². The van der Waals surface area contributed by atoms with Gasteiger partial charge in [0, 0.05) is 0 Å². The van der Waals surface area contributed by atoms with E-state index in [4.69, 9.17) is 0 Å². The summed E-state index contributed by atoms with van der Waals surface area (Å²) in [5.41, 5.74) is 2.26. The van der Waals surface area contributed by atoms with Crippen LogP contribution in [0.4, 0.5) is 5.69 Å². The molecule has 55 valence electrons. The largest absolute Gasteiger partial charge is 3.00 e. The van der Waals surface area contributed by atoms with Gasteiger partial charge in [-0.2, -0.15) is 18.6 Å². The molecule has 1 nitrogen and oxygen atoms in total. The Hall–Kier alpha value is -0.396. The number of hydrogen-bond acceptors (Lipinski definition) is 1. The average Bonchev–Trinajstić information content (AvgIpc) is 1.88. The van der Waals surface area contributed by atoms with E-state index >= 15 is 0 Å². The molecule has 0 aliphatic heterocycles. The van der Waals surface area contributed by atoms with Gasteiger partial charge in [0.15, 0.2) is 0 Å². The van der Waals surface area contributed by atoms with Gasteiger partial charge in [0.25, 0.3) is 0 Å². The first kappa shape index (κ1) is 10.6. The molecule has 1 aromatic carbocycles. The Kier molecular flexibility index (Phi) is 4.31. The minimum atomic E-state index is 0. The fraction of sp³-hybridized carbons (Fsp3) is 0.222. The summed E-state index contributed by atoms with van der Waals surface area (Å²) in [6.07, 6.45) is 0. The van der Waals surface area contributed by atoms with E-state index in [0.717, 1.165) is 5.56 Å². The van der Waals surface area contributed by atoms with Crippen LogP contribution in [-0.2, 0) is 21.7 Å². The molecule has 1 rings (SSSR count). The molecule has 0 fully saturated rings. The zero-order chi connectivity index (χ0) is 7.56. The Morgan fingerprint density at radius 1 is 1.18 bits per heavy atom. The molecule has 2 heteroatoms. The van der Waals surface area contributed by atoms with Gasteiger partial charge in [0.05, 0.1) is 0 Å². The van der Waals surface area contributed by atoms with Crippen molar-refractivity contribution in [2.24, 2.45) is 0 Å². The Morgan fingerprint density at radius 2 is 1.73 bits per heavy atom. The smallest absolute Gasteiger partial charge is 0.428 e. The first-order valence-electron chi connectivity index (χ1n) is 3.30. The van der Waals surface area contributed by atoms with Gasteiger partial charge in [-0.3, -0.25) is 0 Å². The first-order chi connectivity index (χ1) is 4.72. The number of hydrogen-bond donors (Lipinski definition) is 0. The summed E-state index contributed by atoms with van der Waals surface area (Å²) in [6.45, 7) is 3.90. The van der Waals surface area contributed by atoms with Crippen molar-refractivity contribution in [1.29, 1.82) is 0 Å². The summed E-state index contributed by atoms with van der Waals surface area (Å²) < 4.78 is 0. The first-order valence-corrected chi connectivity index (χ1v) is 3.30. The molecular formula is C9H12NTi+2. The quantitative estimate of drug-likeness (QED) is 0.473. The van der Waals surface area contributed by atoms with Gasteiger partial charge < -0.3 is 4.90 Å². The third-order valence-electron chi connectivity index (χ3n) is 1.47. The minimum absolute atomic E-state index is 0. The molecule has 0 saturated carbocycles. The van der Waals surface area contributed by atoms with Gasteiger partial charge in [-0.05, 0) is 14.1 Å². The van der Waals surface area contributed by atoms with Gasteiger partial charge in [0.1, 0.15) is 0 Å². The van der Waals surface area contributed by atoms with Gasteiger partial charge in [-0.15, -0.1) is 6.07 Å². The van der Waals surface area contributed by atoms with Crippen LogP contribution >= 0.6 is 0 Å². The van der Waals surface area contributed by atoms with E-state index in [1.54, 1.807) is 0 Å². The Bertz CT molecular complexity index is 221. The van der Waals surface area contributed by atoms with Crippen molar-refractivity contribution < 1.29 is 21.7 Å². The van der Waals surface area contributed by atoms with E-state index in [1.165, 1.54) is 5.69 Å². The van der Waals surface area contributed by atoms with Crippen LogP contribution in [0.3, 0.4) is 0 Å². The van der Waals surface area contributed by atoms with Gasteiger partial charge in [-0.1, -0.05) is 17.8 Å². The Labute approximate surface area is 83.3 Å². The molecule has 0 aliphatic carbocycles. The van der Waals surface area contributed by atoms with Crippen LogP contribution in [0.2, 0.25) is 0 Å². The van der Waals surface area contributed by atoms with Crippen LogP contribution in [0.15, 0.2) is 24.3 Å². The molecule has 0 spiro atoms. The predicted molar refractivity (Wildman–Crippen MR) is 45.2 cm³/mol. The van der Waals surface area contributed by atoms with Crippen molar-refractivity contribution in [3.63, 3.8) is 0 Å². The topological polar surface area (TPSA) is 3.24 Å². The van der Waals surface area contributed by atoms with E-state index in [2.05, 4.69) is 17.9 Å². The maximum absolute atomic E-state index is 3.90. The zero-order valence-electron chi connectivity index (χ0n) is 6.96. The summed E-state index contributed by atoms with van der Waals surface area (Å²) in [7, 11) is 4.04. The average molecular weight is 182 g/mol. The molecule has 11 heavy (non-hydrogen) atoms. The van der Waals surface area contributed by atoms with E-state index < -0.39 is 0 Å². The SMILES string of the molecule is [CH2-]c1ccccc1N(C)C.[Ti+3]. The van der Waals surface area contributed by atoms with Crippen molar-refractivity contribution in [2.45, 2.75) is 0 Å². The van der Waals surface area contributed by atoms with Crippen molar-refractivity contribution in [3.05, 3.63) is 36.8 Å². The van der Waals surface area contributed by atoms with Crippen LogP contribution in [0.1, 0.15) is 5.56 Å². The van der Waals surface area contributed by atoms with Crippen molar-refractivity contribution in [2.75, 3.05) is 19.0 Å².